The van der Waals surface area contributed by atoms with Crippen molar-refractivity contribution in [2.24, 2.45) is 5.73 Å². The van der Waals surface area contributed by atoms with Crippen LogP contribution in [-0.2, 0) is 4.79 Å². The molecule has 4 amide bonds. The number of hydrogen-bond acceptors (Lipinski definition) is 3. The quantitative estimate of drug-likeness (QED) is 0.562. The molecule has 0 radical (unpaired) electrons. The van der Waals surface area contributed by atoms with Crippen LogP contribution in [0.5, 0.6) is 0 Å². The van der Waals surface area contributed by atoms with E-state index < -0.39 is 24.6 Å². The van der Waals surface area contributed by atoms with Crippen LogP contribution >= 0.6 is 0 Å². The van der Waals surface area contributed by atoms with Gasteiger partial charge in [0, 0.05) is 18.8 Å². The van der Waals surface area contributed by atoms with E-state index in [-0.39, 0.29) is 13.1 Å². The molecule has 0 aromatic heterocycles. The summed E-state index contributed by atoms with van der Waals surface area (Å²) >= 11 is 0. The second kappa shape index (κ2) is 7.73. The van der Waals surface area contributed by atoms with Crippen molar-refractivity contribution in [3.8, 4) is 0 Å². The number of carboxylic acid groups (broad SMARTS) is 1. The van der Waals surface area contributed by atoms with Gasteiger partial charge in [0.2, 0.25) is 0 Å². The summed E-state index contributed by atoms with van der Waals surface area (Å²) < 4.78 is 0. The van der Waals surface area contributed by atoms with E-state index in [9.17, 15) is 14.4 Å². The molecule has 1 aromatic carbocycles. The van der Waals surface area contributed by atoms with E-state index in [2.05, 4.69) is 10.6 Å². The van der Waals surface area contributed by atoms with Crippen LogP contribution in [0.1, 0.15) is 5.56 Å². The van der Waals surface area contributed by atoms with Crippen LogP contribution in [0.25, 0.3) is 0 Å². The molecule has 0 atom stereocenters. The van der Waals surface area contributed by atoms with Crippen molar-refractivity contribution < 1.29 is 19.5 Å². The monoisotopic (exact) mass is 294 g/mol. The first-order valence-electron chi connectivity index (χ1n) is 6.27. The first-order chi connectivity index (χ1) is 9.90. The highest BCUT2D eigenvalue weighted by Gasteiger charge is 2.18. The maximum atomic E-state index is 12.0. The van der Waals surface area contributed by atoms with Gasteiger partial charge in [-0.1, -0.05) is 17.7 Å². The summed E-state index contributed by atoms with van der Waals surface area (Å²) in [5, 5.41) is 13.7. The normalized spacial score (nSPS) is 9.76. The van der Waals surface area contributed by atoms with Gasteiger partial charge in [0.25, 0.3) is 0 Å². The van der Waals surface area contributed by atoms with E-state index in [1.54, 1.807) is 24.3 Å². The summed E-state index contributed by atoms with van der Waals surface area (Å²) in [6.45, 7) is 1.73. The zero-order chi connectivity index (χ0) is 15.8. The highest BCUT2D eigenvalue weighted by atomic mass is 16.4. The molecule has 0 aliphatic heterocycles. The molecule has 114 valence electrons. The van der Waals surface area contributed by atoms with E-state index >= 15 is 0 Å². The number of anilines is 1. The van der Waals surface area contributed by atoms with Gasteiger partial charge in [-0.25, -0.2) is 9.59 Å². The molecule has 0 spiro atoms. The Morgan fingerprint density at radius 2 is 1.71 bits per heavy atom. The Morgan fingerprint density at radius 3 is 2.24 bits per heavy atom. The molecule has 0 heterocycles. The Morgan fingerprint density at radius 1 is 1.14 bits per heavy atom. The third-order valence-corrected chi connectivity index (χ3v) is 2.58. The highest BCUT2D eigenvalue weighted by molar-refractivity contribution is 5.96. The molecule has 0 saturated carbocycles. The maximum Gasteiger partial charge on any atom is 0.323 e. The zero-order valence-corrected chi connectivity index (χ0v) is 11.6. The van der Waals surface area contributed by atoms with Gasteiger partial charge < -0.3 is 21.5 Å². The van der Waals surface area contributed by atoms with Crippen LogP contribution in [0.15, 0.2) is 24.3 Å². The Labute approximate surface area is 121 Å². The second-order valence-corrected chi connectivity index (χ2v) is 4.34. The lowest BCUT2D eigenvalue weighted by molar-refractivity contribution is -0.135. The molecule has 0 unspecified atom stereocenters. The number of carbonyl (C=O) groups excluding carboxylic acids is 2. The van der Waals surface area contributed by atoms with Gasteiger partial charge in [-0.2, -0.15) is 0 Å². The number of rotatable bonds is 6. The molecule has 8 heteroatoms. The topological polar surface area (TPSA) is 125 Å². The van der Waals surface area contributed by atoms with Gasteiger partial charge in [-0.15, -0.1) is 0 Å². The molecule has 0 aliphatic rings. The smallest absolute Gasteiger partial charge is 0.323 e. The summed E-state index contributed by atoms with van der Waals surface area (Å²) in [5.41, 5.74) is 6.36. The van der Waals surface area contributed by atoms with Crippen LogP contribution in [0.3, 0.4) is 0 Å². The molecule has 21 heavy (non-hydrogen) atoms. The summed E-state index contributed by atoms with van der Waals surface area (Å²) in [5.74, 6) is -1.12. The number of nitrogens with one attached hydrogen (secondary N) is 2. The predicted molar refractivity (Wildman–Crippen MR) is 77.1 cm³/mol. The average molecular weight is 294 g/mol. The lowest BCUT2D eigenvalue weighted by Crippen LogP contribution is -2.45. The van der Waals surface area contributed by atoms with E-state index in [1.807, 2.05) is 6.92 Å². The van der Waals surface area contributed by atoms with E-state index in [0.29, 0.717) is 5.69 Å². The fourth-order valence-corrected chi connectivity index (χ4v) is 1.59. The average Bonchev–Trinajstić information content (AvgIpc) is 2.41. The minimum absolute atomic E-state index is 0.143. The number of carboxylic acids is 1. The highest BCUT2D eigenvalue weighted by Crippen LogP contribution is 2.15. The third kappa shape index (κ3) is 5.81. The van der Waals surface area contributed by atoms with Crippen LogP contribution in [0, 0.1) is 6.92 Å². The number of aryl methyl sites for hydroxylation is 1. The maximum absolute atomic E-state index is 12.0. The minimum Gasteiger partial charge on any atom is -0.480 e. The molecule has 1 aromatic rings. The number of benzene rings is 1. The fourth-order valence-electron chi connectivity index (χ4n) is 1.59. The van der Waals surface area contributed by atoms with Crippen LogP contribution < -0.4 is 21.3 Å². The first-order valence-corrected chi connectivity index (χ1v) is 6.27. The summed E-state index contributed by atoms with van der Waals surface area (Å²) in [4.78, 5) is 34.5. The van der Waals surface area contributed by atoms with Crippen molar-refractivity contribution in [2.45, 2.75) is 6.92 Å². The number of aliphatic carboxylic acids is 1. The number of nitrogens with zero attached hydrogens (tertiary/aromatic N) is 1. The van der Waals surface area contributed by atoms with Gasteiger partial charge in [-0.05, 0) is 19.1 Å². The number of urea groups is 2. The molecule has 0 aliphatic carbocycles. The van der Waals surface area contributed by atoms with E-state index in [4.69, 9.17) is 10.8 Å². The molecular formula is C13H18N4O4. The van der Waals surface area contributed by atoms with Gasteiger partial charge >= 0.3 is 18.0 Å². The van der Waals surface area contributed by atoms with Gasteiger partial charge in [0.05, 0.1) is 0 Å². The Kier molecular flexibility index (Phi) is 5.99. The van der Waals surface area contributed by atoms with Crippen molar-refractivity contribution in [1.29, 1.82) is 0 Å². The van der Waals surface area contributed by atoms with Crippen LogP contribution in [0.2, 0.25) is 0 Å². The standard InChI is InChI=1S/C13H18N4O4/c1-9-2-4-10(5-3-9)17(8-11(18)19)13(21)16-7-6-15-12(14)20/h2-5H,6-8H2,1H3,(H,16,21)(H,18,19)(H3,14,15,20). The first kappa shape index (κ1) is 16.3. The molecule has 8 nitrogen and oxygen atoms in total. The van der Waals surface area contributed by atoms with Crippen LogP contribution in [-0.4, -0.2) is 42.8 Å². The number of hydrogen-bond donors (Lipinski definition) is 4. The van der Waals surface area contributed by atoms with Gasteiger partial charge in [-0.3, -0.25) is 9.69 Å². The molecule has 0 bridgehead atoms. The Bertz CT molecular complexity index is 515. The Hall–Kier alpha value is -2.77. The SMILES string of the molecule is Cc1ccc(N(CC(=O)O)C(=O)NCCNC(N)=O)cc1. The molecular weight excluding hydrogens is 276 g/mol. The summed E-state index contributed by atoms with van der Waals surface area (Å²) in [7, 11) is 0. The molecule has 0 fully saturated rings. The van der Waals surface area contributed by atoms with Crippen molar-refractivity contribution >= 4 is 23.7 Å². The van der Waals surface area contributed by atoms with Crippen LogP contribution in [0.4, 0.5) is 15.3 Å². The number of primary amides is 1. The molecule has 1 rings (SSSR count). The number of carbonyl (C=O) groups is 3. The van der Waals surface area contributed by atoms with Crippen molar-refractivity contribution in [2.75, 3.05) is 24.5 Å². The summed E-state index contributed by atoms with van der Waals surface area (Å²) in [6.07, 6.45) is 0. The van der Waals surface area contributed by atoms with Gasteiger partial charge in [0.1, 0.15) is 6.54 Å². The van der Waals surface area contributed by atoms with Gasteiger partial charge in [0.15, 0.2) is 0 Å². The van der Waals surface area contributed by atoms with Crippen molar-refractivity contribution in [3.63, 3.8) is 0 Å². The third-order valence-electron chi connectivity index (χ3n) is 2.58. The molecule has 0 saturated heterocycles. The lowest BCUT2D eigenvalue weighted by Gasteiger charge is -2.21. The lowest BCUT2D eigenvalue weighted by atomic mass is 10.2. The second-order valence-electron chi connectivity index (χ2n) is 4.34. The minimum atomic E-state index is -1.12. The van der Waals surface area contributed by atoms with Crippen molar-refractivity contribution in [1.82, 2.24) is 10.6 Å². The van der Waals surface area contributed by atoms with E-state index in [0.717, 1.165) is 10.5 Å². The summed E-state index contributed by atoms with van der Waals surface area (Å²) in [6, 6.07) is 5.65. The fraction of sp³-hybridized carbons (Fsp3) is 0.308. The zero-order valence-electron chi connectivity index (χ0n) is 11.6. The van der Waals surface area contributed by atoms with Crippen molar-refractivity contribution in [3.05, 3.63) is 29.8 Å². The predicted octanol–water partition coefficient (Wildman–Crippen LogP) is 0.264. The number of nitrogens with two attached hydrogens (primary N) is 1. The van der Waals surface area contributed by atoms with E-state index in [1.165, 1.54) is 0 Å². The molecule has 5 N–H and O–H groups in total. The Balaban J connectivity index is 2.68. The largest absolute Gasteiger partial charge is 0.480 e. The number of amides is 4.